The minimum atomic E-state index is -0.402. The summed E-state index contributed by atoms with van der Waals surface area (Å²) < 4.78 is 0. The highest BCUT2D eigenvalue weighted by Crippen LogP contribution is 2.27. The Balaban J connectivity index is 2.06. The van der Waals surface area contributed by atoms with E-state index >= 15 is 0 Å². The Kier molecular flexibility index (Phi) is 4.97. The van der Waals surface area contributed by atoms with Gasteiger partial charge in [-0.3, -0.25) is 4.90 Å². The first-order valence-corrected chi connectivity index (χ1v) is 6.77. The van der Waals surface area contributed by atoms with Crippen LogP contribution in [0.15, 0.2) is 0 Å². The van der Waals surface area contributed by atoms with Crippen LogP contribution in [0.1, 0.15) is 52.9 Å². The zero-order valence-corrected chi connectivity index (χ0v) is 11.5. The number of nitrogens with zero attached hydrogens (tertiary/aromatic N) is 2. The first kappa shape index (κ1) is 14.5. The second kappa shape index (κ2) is 5.84. The molecule has 0 aromatic rings. The van der Waals surface area contributed by atoms with E-state index < -0.39 is 5.60 Å². The van der Waals surface area contributed by atoms with Crippen molar-refractivity contribution in [3.8, 4) is 6.07 Å². The average molecular weight is 238 g/mol. The van der Waals surface area contributed by atoms with Crippen LogP contribution in [-0.4, -0.2) is 35.2 Å². The highest BCUT2D eigenvalue weighted by atomic mass is 16.3. The standard InChI is InChI=1S/C14H26N2O/c1-4-7-14(17)11-16(12-14)9-6-5-8-13(2,3)10-15/h17H,4-9,11-12H2,1-3H3. The topological polar surface area (TPSA) is 47.3 Å². The molecule has 0 amide bonds. The summed E-state index contributed by atoms with van der Waals surface area (Å²) in [6.07, 6.45) is 5.18. The molecule has 1 aliphatic rings. The zero-order valence-electron chi connectivity index (χ0n) is 11.5. The third-order valence-corrected chi connectivity index (χ3v) is 3.58. The van der Waals surface area contributed by atoms with E-state index in [-0.39, 0.29) is 5.41 Å². The normalized spacial score (nSPS) is 19.7. The molecule has 1 heterocycles. The number of aliphatic hydroxyl groups is 1. The van der Waals surface area contributed by atoms with Crippen LogP contribution in [0.2, 0.25) is 0 Å². The van der Waals surface area contributed by atoms with Crippen LogP contribution in [0.3, 0.4) is 0 Å². The van der Waals surface area contributed by atoms with Crippen LogP contribution in [0.5, 0.6) is 0 Å². The Hall–Kier alpha value is -0.590. The molecule has 0 atom stereocenters. The quantitative estimate of drug-likeness (QED) is 0.693. The zero-order chi connectivity index (χ0) is 12.9. The molecule has 0 bridgehead atoms. The summed E-state index contributed by atoms with van der Waals surface area (Å²) in [7, 11) is 0. The van der Waals surface area contributed by atoms with E-state index in [2.05, 4.69) is 17.9 Å². The molecule has 1 aliphatic heterocycles. The maximum atomic E-state index is 10.0. The van der Waals surface area contributed by atoms with Crippen molar-refractivity contribution in [1.82, 2.24) is 4.90 Å². The van der Waals surface area contributed by atoms with Crippen molar-refractivity contribution in [2.24, 2.45) is 5.41 Å². The largest absolute Gasteiger partial charge is 0.387 e. The van der Waals surface area contributed by atoms with E-state index in [1.54, 1.807) is 0 Å². The molecule has 0 aromatic carbocycles. The van der Waals surface area contributed by atoms with Crippen molar-refractivity contribution in [3.63, 3.8) is 0 Å². The highest BCUT2D eigenvalue weighted by Gasteiger charge is 2.39. The van der Waals surface area contributed by atoms with Gasteiger partial charge in [-0.2, -0.15) is 5.26 Å². The lowest BCUT2D eigenvalue weighted by molar-refractivity contribution is -0.103. The van der Waals surface area contributed by atoms with E-state index in [4.69, 9.17) is 5.26 Å². The highest BCUT2D eigenvalue weighted by molar-refractivity contribution is 4.95. The first-order valence-electron chi connectivity index (χ1n) is 6.77. The van der Waals surface area contributed by atoms with Gasteiger partial charge in [0, 0.05) is 13.1 Å². The molecule has 1 N–H and O–H groups in total. The summed E-state index contributed by atoms with van der Waals surface area (Å²) in [6.45, 7) is 8.84. The number of nitriles is 1. The first-order chi connectivity index (χ1) is 7.91. The van der Waals surface area contributed by atoms with Crippen molar-refractivity contribution in [2.75, 3.05) is 19.6 Å². The van der Waals surface area contributed by atoms with E-state index in [1.165, 1.54) is 0 Å². The fourth-order valence-electron chi connectivity index (χ4n) is 2.53. The van der Waals surface area contributed by atoms with Gasteiger partial charge in [-0.15, -0.1) is 0 Å². The molecule has 0 saturated carbocycles. The van der Waals surface area contributed by atoms with Gasteiger partial charge in [-0.1, -0.05) is 19.8 Å². The van der Waals surface area contributed by atoms with Gasteiger partial charge in [0.25, 0.3) is 0 Å². The summed E-state index contributed by atoms with van der Waals surface area (Å²) in [5.74, 6) is 0. The predicted octanol–water partition coefficient (Wildman–Crippen LogP) is 2.55. The van der Waals surface area contributed by atoms with Crippen molar-refractivity contribution in [3.05, 3.63) is 0 Å². The third kappa shape index (κ3) is 4.65. The molecule has 0 aliphatic carbocycles. The Morgan fingerprint density at radius 1 is 1.35 bits per heavy atom. The van der Waals surface area contributed by atoms with Crippen LogP contribution in [0, 0.1) is 16.7 Å². The van der Waals surface area contributed by atoms with Gasteiger partial charge in [0.1, 0.15) is 0 Å². The molecule has 98 valence electrons. The molecule has 0 unspecified atom stereocenters. The molecule has 0 aromatic heterocycles. The van der Waals surface area contributed by atoms with Gasteiger partial charge in [-0.05, 0) is 39.7 Å². The monoisotopic (exact) mass is 238 g/mol. The molecular weight excluding hydrogens is 212 g/mol. The molecule has 1 fully saturated rings. The molecule has 0 spiro atoms. The summed E-state index contributed by atoms with van der Waals surface area (Å²) in [4.78, 5) is 2.31. The van der Waals surface area contributed by atoms with Crippen LogP contribution < -0.4 is 0 Å². The number of hydrogen-bond acceptors (Lipinski definition) is 3. The molecule has 0 radical (unpaired) electrons. The van der Waals surface area contributed by atoms with E-state index in [9.17, 15) is 5.11 Å². The summed E-state index contributed by atoms with van der Waals surface area (Å²) in [5, 5.41) is 18.9. The van der Waals surface area contributed by atoms with Gasteiger partial charge in [-0.25, -0.2) is 0 Å². The maximum absolute atomic E-state index is 10.0. The van der Waals surface area contributed by atoms with Crippen LogP contribution in [-0.2, 0) is 0 Å². The van der Waals surface area contributed by atoms with Crippen molar-refractivity contribution < 1.29 is 5.11 Å². The fraction of sp³-hybridized carbons (Fsp3) is 0.929. The number of rotatable bonds is 7. The Bertz CT molecular complexity index is 274. The molecule has 1 saturated heterocycles. The smallest absolute Gasteiger partial charge is 0.0900 e. The number of likely N-dealkylation sites (tertiary alicyclic amines) is 1. The molecule has 17 heavy (non-hydrogen) atoms. The van der Waals surface area contributed by atoms with E-state index in [1.807, 2.05) is 13.8 Å². The molecule has 1 rings (SSSR count). The lowest BCUT2D eigenvalue weighted by Gasteiger charge is -2.46. The SMILES string of the molecule is CCCC1(O)CN(CCCCC(C)(C)C#N)C1. The van der Waals surface area contributed by atoms with Gasteiger partial charge >= 0.3 is 0 Å². The molecule has 3 nitrogen and oxygen atoms in total. The summed E-state index contributed by atoms with van der Waals surface area (Å²) in [6, 6.07) is 2.33. The van der Waals surface area contributed by atoms with E-state index in [0.717, 1.165) is 51.7 Å². The van der Waals surface area contributed by atoms with Gasteiger partial charge < -0.3 is 5.11 Å². The predicted molar refractivity (Wildman–Crippen MR) is 69.5 cm³/mol. The summed E-state index contributed by atoms with van der Waals surface area (Å²) in [5.41, 5.74) is -0.585. The van der Waals surface area contributed by atoms with Crippen molar-refractivity contribution >= 4 is 0 Å². The second-order valence-corrected chi connectivity index (χ2v) is 6.14. The van der Waals surface area contributed by atoms with E-state index in [0.29, 0.717) is 0 Å². The van der Waals surface area contributed by atoms with Crippen molar-refractivity contribution in [1.29, 1.82) is 5.26 Å². The van der Waals surface area contributed by atoms with Crippen molar-refractivity contribution in [2.45, 2.75) is 58.5 Å². The van der Waals surface area contributed by atoms with Gasteiger partial charge in [0.05, 0.1) is 17.1 Å². The van der Waals surface area contributed by atoms with Crippen LogP contribution in [0.25, 0.3) is 0 Å². The number of unbranched alkanes of at least 4 members (excludes halogenated alkanes) is 1. The Morgan fingerprint density at radius 2 is 2.00 bits per heavy atom. The van der Waals surface area contributed by atoms with Gasteiger partial charge in [0.2, 0.25) is 0 Å². The number of hydrogen-bond donors (Lipinski definition) is 1. The van der Waals surface area contributed by atoms with Crippen LogP contribution in [0.4, 0.5) is 0 Å². The minimum absolute atomic E-state index is 0.183. The van der Waals surface area contributed by atoms with Gasteiger partial charge in [0.15, 0.2) is 0 Å². The lowest BCUT2D eigenvalue weighted by Crippen LogP contribution is -2.61. The molecule has 3 heteroatoms. The Morgan fingerprint density at radius 3 is 2.53 bits per heavy atom. The second-order valence-electron chi connectivity index (χ2n) is 6.14. The third-order valence-electron chi connectivity index (χ3n) is 3.58. The molecular formula is C14H26N2O. The fourth-order valence-corrected chi connectivity index (χ4v) is 2.53. The summed E-state index contributed by atoms with van der Waals surface area (Å²) >= 11 is 0. The Labute approximate surface area is 105 Å². The maximum Gasteiger partial charge on any atom is 0.0900 e. The average Bonchev–Trinajstić information content (AvgIpc) is 2.22. The van der Waals surface area contributed by atoms with Crippen LogP contribution >= 0.6 is 0 Å². The minimum Gasteiger partial charge on any atom is -0.387 e. The number of β-amino-alcohol motifs (C(OH)–C–C–N with tert-alkyl or cyclic N) is 1. The lowest BCUT2D eigenvalue weighted by atomic mass is 9.87.